The number of aromatic nitrogens is 1. The summed E-state index contributed by atoms with van der Waals surface area (Å²) in [5, 5.41) is 9.46. The van der Waals surface area contributed by atoms with E-state index in [4.69, 9.17) is 4.52 Å². The van der Waals surface area contributed by atoms with Crippen molar-refractivity contribution in [2.45, 2.75) is 46.1 Å². The zero-order valence-corrected chi connectivity index (χ0v) is 16.0. The van der Waals surface area contributed by atoms with Gasteiger partial charge < -0.3 is 14.7 Å². The number of nitrogens with one attached hydrogen (secondary N) is 2. The van der Waals surface area contributed by atoms with Crippen molar-refractivity contribution in [2.24, 2.45) is 0 Å². The average molecular weight is 370 g/mol. The second-order valence-corrected chi connectivity index (χ2v) is 7.11. The van der Waals surface area contributed by atoms with Gasteiger partial charge in [-0.15, -0.1) is 0 Å². The Balaban J connectivity index is 1.59. The van der Waals surface area contributed by atoms with Crippen molar-refractivity contribution in [3.8, 4) is 0 Å². The summed E-state index contributed by atoms with van der Waals surface area (Å²) in [5.41, 5.74) is 3.14. The highest BCUT2D eigenvalue weighted by Crippen LogP contribution is 2.22. The van der Waals surface area contributed by atoms with Crippen LogP contribution in [-0.4, -0.2) is 41.0 Å². The smallest absolute Gasteiger partial charge is 0.254 e. The number of amides is 2. The highest BCUT2D eigenvalue weighted by molar-refractivity contribution is 5.96. The summed E-state index contributed by atoms with van der Waals surface area (Å²) in [5.74, 6) is 0.177. The molecule has 3 rings (SSSR count). The first-order valence-corrected chi connectivity index (χ1v) is 9.32. The first-order valence-electron chi connectivity index (χ1n) is 9.32. The number of hydrogen-bond donors (Lipinski definition) is 2. The highest BCUT2D eigenvalue weighted by atomic mass is 16.5. The Labute approximate surface area is 159 Å². The third kappa shape index (κ3) is 4.67. The van der Waals surface area contributed by atoms with Crippen LogP contribution in [0.5, 0.6) is 0 Å². The first-order chi connectivity index (χ1) is 12.9. The molecule has 2 N–H and O–H groups in total. The molecule has 7 nitrogen and oxygen atoms in total. The number of likely N-dealkylation sites (tertiary alicyclic amines) is 1. The Bertz CT molecular complexity index is 830. The summed E-state index contributed by atoms with van der Waals surface area (Å²) < 4.78 is 4.97. The van der Waals surface area contributed by atoms with Crippen molar-refractivity contribution in [2.75, 3.05) is 23.7 Å². The number of rotatable bonds is 5. The molecule has 2 heterocycles. The molecule has 7 heteroatoms. The fourth-order valence-electron chi connectivity index (χ4n) is 3.34. The quantitative estimate of drug-likeness (QED) is 0.843. The van der Waals surface area contributed by atoms with Gasteiger partial charge in [-0.05, 0) is 63.8 Å². The second-order valence-electron chi connectivity index (χ2n) is 7.11. The molecular weight excluding hydrogens is 344 g/mol. The van der Waals surface area contributed by atoms with Crippen LogP contribution in [0.15, 0.2) is 28.8 Å². The van der Waals surface area contributed by atoms with Gasteiger partial charge in [0.05, 0.1) is 12.2 Å². The lowest BCUT2D eigenvalue weighted by Crippen LogP contribution is -2.42. The summed E-state index contributed by atoms with van der Waals surface area (Å²) in [6.07, 6.45) is 3.31. The van der Waals surface area contributed by atoms with Gasteiger partial charge in [0.15, 0.2) is 0 Å². The molecule has 1 fully saturated rings. The van der Waals surface area contributed by atoms with Crippen LogP contribution in [0.2, 0.25) is 0 Å². The SMILES string of the molecule is Cc1cc(NC(=O)CNc2ccc(C(=O)N3CCCC[C@H]3C)cc2C)on1. The van der Waals surface area contributed by atoms with E-state index in [1.165, 1.54) is 6.42 Å². The molecule has 1 aliphatic rings. The lowest BCUT2D eigenvalue weighted by Gasteiger charge is -2.33. The van der Waals surface area contributed by atoms with E-state index in [1.54, 1.807) is 13.0 Å². The number of piperidine rings is 1. The van der Waals surface area contributed by atoms with Crippen LogP contribution in [0.4, 0.5) is 11.6 Å². The van der Waals surface area contributed by atoms with E-state index in [0.29, 0.717) is 17.1 Å². The van der Waals surface area contributed by atoms with E-state index in [9.17, 15) is 9.59 Å². The Morgan fingerprint density at radius 1 is 1.26 bits per heavy atom. The molecule has 0 spiro atoms. The van der Waals surface area contributed by atoms with Gasteiger partial charge >= 0.3 is 0 Å². The molecule has 1 aromatic heterocycles. The third-order valence-corrected chi connectivity index (χ3v) is 4.87. The normalized spacial score (nSPS) is 16.9. The molecule has 2 amide bonds. The van der Waals surface area contributed by atoms with Gasteiger partial charge in [0.25, 0.3) is 5.91 Å². The Morgan fingerprint density at radius 3 is 2.74 bits per heavy atom. The Kier molecular flexibility index (Phi) is 5.78. The first kappa shape index (κ1) is 18.9. The van der Waals surface area contributed by atoms with Gasteiger partial charge in [0.2, 0.25) is 11.8 Å². The molecular formula is C20H26N4O3. The summed E-state index contributed by atoms with van der Waals surface area (Å²) in [7, 11) is 0. The minimum Gasteiger partial charge on any atom is -0.376 e. The molecule has 0 unspecified atom stereocenters. The average Bonchev–Trinajstić information content (AvgIpc) is 3.05. The molecule has 1 aliphatic heterocycles. The maximum atomic E-state index is 12.8. The molecule has 144 valence electrons. The maximum Gasteiger partial charge on any atom is 0.254 e. The zero-order chi connectivity index (χ0) is 19.4. The van der Waals surface area contributed by atoms with Crippen LogP contribution in [-0.2, 0) is 4.79 Å². The Hall–Kier alpha value is -2.83. The highest BCUT2D eigenvalue weighted by Gasteiger charge is 2.24. The summed E-state index contributed by atoms with van der Waals surface area (Å²) >= 11 is 0. The fraction of sp³-hybridized carbons (Fsp3) is 0.450. The maximum absolute atomic E-state index is 12.8. The zero-order valence-electron chi connectivity index (χ0n) is 16.0. The van der Waals surface area contributed by atoms with Gasteiger partial charge in [-0.1, -0.05) is 5.16 Å². The summed E-state index contributed by atoms with van der Waals surface area (Å²) in [4.78, 5) is 26.7. The van der Waals surface area contributed by atoms with Gasteiger partial charge in [-0.2, -0.15) is 0 Å². The minimum atomic E-state index is -0.229. The van der Waals surface area contributed by atoms with E-state index in [-0.39, 0.29) is 24.4 Å². The van der Waals surface area contributed by atoms with Crippen molar-refractivity contribution in [1.82, 2.24) is 10.1 Å². The second kappa shape index (κ2) is 8.24. The Morgan fingerprint density at radius 2 is 2.07 bits per heavy atom. The summed E-state index contributed by atoms with van der Waals surface area (Å²) in [6, 6.07) is 7.49. The lowest BCUT2D eigenvalue weighted by atomic mass is 10.0. The standard InChI is InChI=1S/C20H26N4O3/c1-13-10-16(20(26)24-9-5-4-6-15(24)3)7-8-17(13)21-12-18(25)22-19-11-14(2)23-27-19/h7-8,10-11,15,21H,4-6,9,12H2,1-3H3,(H,22,25)/t15-/m1/s1. The van der Waals surface area contributed by atoms with Crippen LogP contribution >= 0.6 is 0 Å². The number of anilines is 2. The predicted octanol–water partition coefficient (Wildman–Crippen LogP) is 3.36. The van der Waals surface area contributed by atoms with Crippen LogP contribution in [0, 0.1) is 13.8 Å². The number of carbonyl (C=O) groups excluding carboxylic acids is 2. The van der Waals surface area contributed by atoms with E-state index in [1.807, 2.05) is 30.0 Å². The third-order valence-electron chi connectivity index (χ3n) is 4.87. The fourth-order valence-corrected chi connectivity index (χ4v) is 3.34. The van der Waals surface area contributed by atoms with Crippen molar-refractivity contribution in [3.63, 3.8) is 0 Å². The van der Waals surface area contributed by atoms with Crippen LogP contribution in [0.3, 0.4) is 0 Å². The number of carbonyl (C=O) groups is 2. The number of hydrogen-bond acceptors (Lipinski definition) is 5. The minimum absolute atomic E-state index is 0.0790. The number of aryl methyl sites for hydroxylation is 2. The van der Waals surface area contributed by atoms with Gasteiger partial charge in [-0.3, -0.25) is 14.9 Å². The topological polar surface area (TPSA) is 87.5 Å². The van der Waals surface area contributed by atoms with Crippen molar-refractivity contribution < 1.29 is 14.1 Å². The number of benzene rings is 1. The van der Waals surface area contributed by atoms with E-state index in [0.717, 1.165) is 30.6 Å². The largest absolute Gasteiger partial charge is 0.376 e. The van der Waals surface area contributed by atoms with Gasteiger partial charge in [0.1, 0.15) is 0 Å². The van der Waals surface area contributed by atoms with Gasteiger partial charge in [-0.25, -0.2) is 0 Å². The molecule has 0 bridgehead atoms. The molecule has 0 radical (unpaired) electrons. The lowest BCUT2D eigenvalue weighted by molar-refractivity contribution is -0.114. The van der Waals surface area contributed by atoms with Crippen LogP contribution in [0.25, 0.3) is 0 Å². The van der Waals surface area contributed by atoms with Crippen molar-refractivity contribution >= 4 is 23.4 Å². The van der Waals surface area contributed by atoms with E-state index < -0.39 is 0 Å². The predicted molar refractivity (Wildman–Crippen MR) is 104 cm³/mol. The molecule has 0 saturated carbocycles. The molecule has 2 aromatic rings. The molecule has 27 heavy (non-hydrogen) atoms. The van der Waals surface area contributed by atoms with Crippen molar-refractivity contribution in [3.05, 3.63) is 41.1 Å². The van der Waals surface area contributed by atoms with Crippen LogP contribution in [0.1, 0.15) is 47.8 Å². The van der Waals surface area contributed by atoms with E-state index >= 15 is 0 Å². The van der Waals surface area contributed by atoms with Crippen molar-refractivity contribution in [1.29, 1.82) is 0 Å². The molecule has 1 saturated heterocycles. The van der Waals surface area contributed by atoms with E-state index in [2.05, 4.69) is 22.7 Å². The monoisotopic (exact) mass is 370 g/mol. The molecule has 0 aliphatic carbocycles. The molecule has 1 aromatic carbocycles. The summed E-state index contributed by atoms with van der Waals surface area (Å²) in [6.45, 7) is 6.73. The van der Waals surface area contributed by atoms with Gasteiger partial charge in [0, 0.05) is 29.9 Å². The number of nitrogens with zero attached hydrogens (tertiary/aromatic N) is 2. The molecule has 1 atom stereocenters. The van der Waals surface area contributed by atoms with Crippen LogP contribution < -0.4 is 10.6 Å².